The molecule has 0 aliphatic rings. The predicted molar refractivity (Wildman–Crippen MR) is 108 cm³/mol. The zero-order valence-corrected chi connectivity index (χ0v) is 17.0. The molecule has 4 heterocycles. The molecule has 28 heavy (non-hydrogen) atoms. The molecule has 0 spiro atoms. The molecule has 0 fully saturated rings. The van der Waals surface area contributed by atoms with Crippen LogP contribution in [0.2, 0.25) is 0 Å². The van der Waals surface area contributed by atoms with Crippen molar-refractivity contribution in [3.05, 3.63) is 52.3 Å². The van der Waals surface area contributed by atoms with Gasteiger partial charge in [0.1, 0.15) is 0 Å². The van der Waals surface area contributed by atoms with Crippen molar-refractivity contribution in [2.45, 2.75) is 39.7 Å². The van der Waals surface area contributed by atoms with E-state index in [4.69, 9.17) is 4.52 Å². The number of nitrogens with one attached hydrogen (secondary N) is 2. The maximum Gasteiger partial charge on any atom is 0.259 e. The van der Waals surface area contributed by atoms with Gasteiger partial charge in [-0.15, -0.1) is 11.3 Å². The molecule has 0 saturated carbocycles. The average molecular weight is 395 g/mol. The molecule has 0 atom stereocenters. The lowest BCUT2D eigenvalue weighted by molar-refractivity contribution is 0.0952. The predicted octanol–water partition coefficient (Wildman–Crippen LogP) is 4.21. The third-order valence-electron chi connectivity index (χ3n) is 4.47. The van der Waals surface area contributed by atoms with Gasteiger partial charge in [0.15, 0.2) is 0 Å². The molecule has 2 N–H and O–H groups in total. The lowest BCUT2D eigenvalue weighted by atomic mass is 9.92. The van der Waals surface area contributed by atoms with Gasteiger partial charge in [-0.25, -0.2) is 4.98 Å². The first-order chi connectivity index (χ1) is 13.3. The van der Waals surface area contributed by atoms with E-state index in [1.807, 2.05) is 23.6 Å². The van der Waals surface area contributed by atoms with Crippen LogP contribution in [0.1, 0.15) is 48.2 Å². The first-order valence-electron chi connectivity index (χ1n) is 8.97. The van der Waals surface area contributed by atoms with Gasteiger partial charge in [-0.1, -0.05) is 32.0 Å². The molecule has 4 aromatic heterocycles. The average Bonchev–Trinajstić information content (AvgIpc) is 3.39. The van der Waals surface area contributed by atoms with Gasteiger partial charge < -0.3 is 9.84 Å². The van der Waals surface area contributed by atoms with E-state index in [-0.39, 0.29) is 11.3 Å². The van der Waals surface area contributed by atoms with E-state index in [0.717, 1.165) is 16.3 Å². The van der Waals surface area contributed by atoms with Crippen LogP contribution in [0.5, 0.6) is 0 Å². The summed E-state index contributed by atoms with van der Waals surface area (Å²) in [7, 11) is 0. The molecule has 7 nitrogen and oxygen atoms in total. The van der Waals surface area contributed by atoms with Gasteiger partial charge >= 0.3 is 0 Å². The number of rotatable bonds is 4. The number of carbonyl (C=O) groups excluding carboxylic acids is 1. The fourth-order valence-electron chi connectivity index (χ4n) is 2.93. The Hall–Kier alpha value is -3.00. The van der Waals surface area contributed by atoms with E-state index in [2.05, 4.69) is 46.4 Å². The molecule has 1 amide bonds. The van der Waals surface area contributed by atoms with Crippen molar-refractivity contribution < 1.29 is 9.32 Å². The van der Waals surface area contributed by atoms with Gasteiger partial charge in [-0.3, -0.25) is 9.89 Å². The van der Waals surface area contributed by atoms with E-state index in [1.165, 1.54) is 0 Å². The van der Waals surface area contributed by atoms with Gasteiger partial charge in [0.05, 0.1) is 45.1 Å². The lowest BCUT2D eigenvalue weighted by Crippen LogP contribution is -2.23. The van der Waals surface area contributed by atoms with Gasteiger partial charge in [0.2, 0.25) is 0 Å². The number of pyridine rings is 1. The molecular weight excluding hydrogens is 374 g/mol. The second kappa shape index (κ2) is 6.87. The summed E-state index contributed by atoms with van der Waals surface area (Å²) >= 11 is 1.56. The van der Waals surface area contributed by atoms with E-state index >= 15 is 0 Å². The Kier molecular flexibility index (Phi) is 4.50. The summed E-state index contributed by atoms with van der Waals surface area (Å²) in [6.07, 6.45) is 0. The van der Waals surface area contributed by atoms with Gasteiger partial charge in [0.25, 0.3) is 11.6 Å². The van der Waals surface area contributed by atoms with Crippen LogP contribution in [0.15, 0.2) is 34.2 Å². The topological polar surface area (TPSA) is 96.7 Å². The second-order valence-electron chi connectivity index (χ2n) is 7.69. The highest BCUT2D eigenvalue weighted by Crippen LogP contribution is 2.29. The highest BCUT2D eigenvalue weighted by molar-refractivity contribution is 7.13. The first kappa shape index (κ1) is 18.4. The van der Waals surface area contributed by atoms with Crippen LogP contribution in [0.3, 0.4) is 0 Å². The highest BCUT2D eigenvalue weighted by Gasteiger charge is 2.21. The number of thiophene rings is 1. The number of hydrogen-bond donors (Lipinski definition) is 2. The zero-order chi connectivity index (χ0) is 19.9. The van der Waals surface area contributed by atoms with Gasteiger partial charge in [0, 0.05) is 5.41 Å². The Morgan fingerprint density at radius 3 is 2.82 bits per heavy atom. The monoisotopic (exact) mass is 395 g/mol. The maximum atomic E-state index is 13.0. The molecule has 144 valence electrons. The number of amides is 1. The van der Waals surface area contributed by atoms with Crippen LogP contribution in [-0.2, 0) is 12.0 Å². The van der Waals surface area contributed by atoms with Crippen molar-refractivity contribution in [3.63, 3.8) is 0 Å². The summed E-state index contributed by atoms with van der Waals surface area (Å²) in [4.78, 5) is 18.4. The molecule has 0 radical (unpaired) electrons. The Morgan fingerprint density at radius 2 is 2.14 bits per heavy atom. The van der Waals surface area contributed by atoms with Crippen molar-refractivity contribution in [2.75, 3.05) is 0 Å². The van der Waals surface area contributed by atoms with Gasteiger partial charge in [-0.2, -0.15) is 5.10 Å². The zero-order valence-electron chi connectivity index (χ0n) is 16.2. The minimum atomic E-state index is -0.205. The smallest absolute Gasteiger partial charge is 0.259 e. The van der Waals surface area contributed by atoms with Crippen molar-refractivity contribution >= 4 is 28.3 Å². The Labute approximate surface area is 166 Å². The molecule has 0 bridgehead atoms. The van der Waals surface area contributed by atoms with Gasteiger partial charge in [-0.05, 0) is 30.5 Å². The van der Waals surface area contributed by atoms with Crippen molar-refractivity contribution in [2.24, 2.45) is 0 Å². The third-order valence-corrected chi connectivity index (χ3v) is 5.37. The molecule has 4 aromatic rings. The van der Waals surface area contributed by atoms with E-state index in [9.17, 15) is 4.79 Å². The number of aromatic nitrogens is 4. The third kappa shape index (κ3) is 3.43. The minimum absolute atomic E-state index is 0.0504. The fraction of sp³-hybridized carbons (Fsp3) is 0.300. The molecule has 0 unspecified atom stereocenters. The van der Waals surface area contributed by atoms with E-state index in [0.29, 0.717) is 34.6 Å². The number of aryl methyl sites for hydroxylation is 1. The molecule has 8 heteroatoms. The quantitative estimate of drug-likeness (QED) is 0.539. The van der Waals surface area contributed by atoms with Crippen LogP contribution in [-0.4, -0.2) is 26.2 Å². The number of fused-ring (bicyclic) bond motifs is 1. The summed E-state index contributed by atoms with van der Waals surface area (Å²) in [6, 6.07) is 7.68. The number of H-pyrrole nitrogens is 1. The first-order valence-corrected chi connectivity index (χ1v) is 9.85. The largest absolute Gasteiger partial charge is 0.346 e. The maximum absolute atomic E-state index is 13.0. The van der Waals surface area contributed by atoms with Crippen LogP contribution in [0.25, 0.3) is 21.7 Å². The number of aromatic amines is 1. The van der Waals surface area contributed by atoms with Crippen molar-refractivity contribution in [3.8, 4) is 10.6 Å². The number of carbonyl (C=O) groups is 1. The van der Waals surface area contributed by atoms with E-state index < -0.39 is 0 Å². The summed E-state index contributed by atoms with van der Waals surface area (Å²) in [6.45, 7) is 8.45. The Bertz CT molecular complexity index is 1140. The summed E-state index contributed by atoms with van der Waals surface area (Å²) < 4.78 is 5.33. The molecular formula is C20H21N5O2S. The van der Waals surface area contributed by atoms with Crippen LogP contribution in [0.4, 0.5) is 0 Å². The summed E-state index contributed by atoms with van der Waals surface area (Å²) in [5.41, 5.74) is 3.96. The summed E-state index contributed by atoms with van der Waals surface area (Å²) in [5, 5.41) is 16.9. The fourth-order valence-corrected chi connectivity index (χ4v) is 3.62. The minimum Gasteiger partial charge on any atom is -0.346 e. The number of hydrogen-bond acceptors (Lipinski definition) is 6. The Balaban J connectivity index is 1.63. The lowest BCUT2D eigenvalue weighted by Gasteiger charge is -2.13. The molecule has 0 saturated heterocycles. The molecule has 4 rings (SSSR count). The van der Waals surface area contributed by atoms with E-state index in [1.54, 1.807) is 24.3 Å². The molecule has 0 aliphatic heterocycles. The summed E-state index contributed by atoms with van der Waals surface area (Å²) in [5.74, 6) is -0.205. The van der Waals surface area contributed by atoms with Crippen LogP contribution >= 0.6 is 11.3 Å². The van der Waals surface area contributed by atoms with Crippen LogP contribution < -0.4 is 5.32 Å². The highest BCUT2D eigenvalue weighted by atomic mass is 32.1. The SMILES string of the molecule is Cc1noc2nc(-c3cccs3)cc(C(=O)NCc3cc(C(C)(C)C)n[nH]3)c12. The van der Waals surface area contributed by atoms with Crippen LogP contribution in [0, 0.1) is 6.92 Å². The number of nitrogens with zero attached hydrogens (tertiary/aromatic N) is 3. The molecule has 0 aromatic carbocycles. The Morgan fingerprint density at radius 1 is 1.32 bits per heavy atom. The normalized spacial score (nSPS) is 11.9. The standard InChI is InChI=1S/C20H21N5O2S/c1-11-17-13(9-14(15-6-5-7-28-15)22-19(17)27-25-11)18(26)21-10-12-8-16(24-23-12)20(2,3)4/h5-9H,10H2,1-4H3,(H,21,26)(H,23,24). The van der Waals surface area contributed by atoms with Crippen molar-refractivity contribution in [1.29, 1.82) is 0 Å². The van der Waals surface area contributed by atoms with Crippen molar-refractivity contribution in [1.82, 2.24) is 25.7 Å². The molecule has 0 aliphatic carbocycles. The second-order valence-corrected chi connectivity index (χ2v) is 8.64.